The first-order valence-corrected chi connectivity index (χ1v) is 9.46. The van der Waals surface area contributed by atoms with Crippen molar-refractivity contribution in [1.29, 1.82) is 0 Å². The van der Waals surface area contributed by atoms with Crippen LogP contribution in [0.4, 0.5) is 0 Å². The Morgan fingerprint density at radius 3 is 1.75 bits per heavy atom. The molecule has 0 bridgehead atoms. The van der Waals surface area contributed by atoms with Crippen molar-refractivity contribution in [2.75, 3.05) is 7.11 Å². The molecule has 4 aromatic rings. The van der Waals surface area contributed by atoms with Gasteiger partial charge in [0.25, 0.3) is 0 Å². The minimum absolute atomic E-state index is 0.823. The third-order valence-electron chi connectivity index (χ3n) is 4.82. The molecule has 0 amide bonds. The van der Waals surface area contributed by atoms with Crippen molar-refractivity contribution in [3.63, 3.8) is 0 Å². The van der Waals surface area contributed by atoms with Gasteiger partial charge in [-0.25, -0.2) is 4.57 Å². The van der Waals surface area contributed by atoms with Gasteiger partial charge in [0.15, 0.2) is 37.4 Å². The van der Waals surface area contributed by atoms with Crippen LogP contribution in [0, 0.1) is 0 Å². The van der Waals surface area contributed by atoms with Crippen LogP contribution < -0.4 is 13.9 Å². The molecular weight excluding hydrogens is 344 g/mol. The molecule has 0 unspecified atom stereocenters. The number of hydrogen-bond donors (Lipinski definition) is 0. The van der Waals surface area contributed by atoms with Gasteiger partial charge in [-0.2, -0.15) is 4.57 Å². The van der Waals surface area contributed by atoms with Crippen molar-refractivity contribution in [2.45, 2.75) is 13.1 Å². The van der Waals surface area contributed by atoms with Gasteiger partial charge in [0, 0.05) is 34.9 Å². The van der Waals surface area contributed by atoms with Crippen molar-refractivity contribution in [2.24, 2.45) is 0 Å². The molecule has 0 atom stereocenters. The molecule has 0 spiro atoms. The molecule has 2 aromatic heterocycles. The van der Waals surface area contributed by atoms with Crippen LogP contribution in [-0.4, -0.2) is 7.11 Å². The Kier molecular flexibility index (Phi) is 5.43. The molecule has 138 valence electrons. The van der Waals surface area contributed by atoms with Crippen LogP contribution in [0.2, 0.25) is 0 Å². The fourth-order valence-electron chi connectivity index (χ4n) is 3.35. The van der Waals surface area contributed by atoms with Gasteiger partial charge in [-0.05, 0) is 5.56 Å². The van der Waals surface area contributed by atoms with E-state index < -0.39 is 0 Å². The minimum atomic E-state index is 0.823. The summed E-state index contributed by atoms with van der Waals surface area (Å²) in [6.45, 7) is 1.69. The van der Waals surface area contributed by atoms with Crippen molar-refractivity contribution in [1.82, 2.24) is 0 Å². The van der Waals surface area contributed by atoms with Gasteiger partial charge >= 0.3 is 0 Å². The largest absolute Gasteiger partial charge is 0.490 e. The van der Waals surface area contributed by atoms with E-state index >= 15 is 0 Å². The van der Waals surface area contributed by atoms with E-state index in [4.69, 9.17) is 4.74 Å². The number of pyridine rings is 2. The smallest absolute Gasteiger partial charge is 0.212 e. The highest BCUT2D eigenvalue weighted by Crippen LogP contribution is 2.27. The van der Waals surface area contributed by atoms with Crippen LogP contribution in [0.5, 0.6) is 5.75 Å². The van der Waals surface area contributed by atoms with Crippen LogP contribution >= 0.6 is 0 Å². The summed E-state index contributed by atoms with van der Waals surface area (Å²) in [6.07, 6.45) is 8.41. The maximum Gasteiger partial charge on any atom is 0.212 e. The summed E-state index contributed by atoms with van der Waals surface area (Å²) in [5, 5.41) is 0. The molecule has 0 saturated heterocycles. The van der Waals surface area contributed by atoms with Crippen molar-refractivity contribution >= 4 is 0 Å². The second-order valence-corrected chi connectivity index (χ2v) is 6.83. The summed E-state index contributed by atoms with van der Waals surface area (Å²) in [4.78, 5) is 0. The maximum atomic E-state index is 5.68. The summed E-state index contributed by atoms with van der Waals surface area (Å²) in [6, 6.07) is 27.3. The molecular formula is C25H24N2O+2. The topological polar surface area (TPSA) is 17.0 Å². The molecule has 28 heavy (non-hydrogen) atoms. The molecule has 3 nitrogen and oxygen atoms in total. The van der Waals surface area contributed by atoms with Gasteiger partial charge in [-0.3, -0.25) is 0 Å². The molecule has 2 heterocycles. The first-order valence-electron chi connectivity index (χ1n) is 9.46. The van der Waals surface area contributed by atoms with E-state index in [1.165, 1.54) is 11.1 Å². The zero-order valence-electron chi connectivity index (χ0n) is 16.0. The summed E-state index contributed by atoms with van der Waals surface area (Å²) in [7, 11) is 1.73. The SMILES string of the molecule is COc1c[n+](Cc2ccccc2)ccc1-c1cc[n+](Cc2ccccc2)cc1. The molecule has 0 aliphatic heterocycles. The number of methoxy groups -OCH3 is 1. The predicted molar refractivity (Wildman–Crippen MR) is 110 cm³/mol. The quantitative estimate of drug-likeness (QED) is 0.470. The van der Waals surface area contributed by atoms with E-state index in [1.807, 2.05) is 12.1 Å². The number of benzene rings is 2. The zero-order chi connectivity index (χ0) is 19.2. The van der Waals surface area contributed by atoms with Crippen molar-refractivity contribution < 1.29 is 13.9 Å². The number of nitrogens with zero attached hydrogens (tertiary/aromatic N) is 2. The first-order chi connectivity index (χ1) is 13.8. The molecule has 0 aliphatic rings. The number of hydrogen-bond acceptors (Lipinski definition) is 1. The predicted octanol–water partition coefficient (Wildman–Crippen LogP) is 4.03. The Bertz CT molecular complexity index is 1030. The molecule has 0 fully saturated rings. The Labute approximate surface area is 166 Å². The monoisotopic (exact) mass is 368 g/mol. The van der Waals surface area contributed by atoms with Gasteiger partial charge in [0.1, 0.15) is 0 Å². The third-order valence-corrected chi connectivity index (χ3v) is 4.82. The van der Waals surface area contributed by atoms with E-state index in [0.29, 0.717) is 0 Å². The Morgan fingerprint density at radius 1 is 0.643 bits per heavy atom. The van der Waals surface area contributed by atoms with Crippen molar-refractivity contribution in [3.8, 4) is 16.9 Å². The van der Waals surface area contributed by atoms with Crippen LogP contribution in [-0.2, 0) is 13.1 Å². The minimum Gasteiger partial charge on any atom is -0.490 e. The van der Waals surface area contributed by atoms with E-state index in [9.17, 15) is 0 Å². The van der Waals surface area contributed by atoms with E-state index in [0.717, 1.165) is 30.0 Å². The van der Waals surface area contributed by atoms with Crippen LogP contribution in [0.1, 0.15) is 11.1 Å². The van der Waals surface area contributed by atoms with Gasteiger partial charge in [0.05, 0.1) is 7.11 Å². The average molecular weight is 368 g/mol. The normalized spacial score (nSPS) is 10.6. The lowest BCUT2D eigenvalue weighted by atomic mass is 10.1. The fourth-order valence-corrected chi connectivity index (χ4v) is 3.35. The van der Waals surface area contributed by atoms with Crippen molar-refractivity contribution in [3.05, 3.63) is 115 Å². The number of aromatic nitrogens is 2. The maximum absolute atomic E-state index is 5.68. The molecule has 2 aromatic carbocycles. The van der Waals surface area contributed by atoms with Crippen LogP contribution in [0.3, 0.4) is 0 Å². The number of ether oxygens (including phenoxy) is 1. The average Bonchev–Trinajstić information content (AvgIpc) is 2.76. The van der Waals surface area contributed by atoms with Gasteiger partial charge in [0.2, 0.25) is 6.20 Å². The van der Waals surface area contributed by atoms with Crippen LogP contribution in [0.15, 0.2) is 104 Å². The van der Waals surface area contributed by atoms with Gasteiger partial charge < -0.3 is 4.74 Å². The highest BCUT2D eigenvalue weighted by molar-refractivity contribution is 5.68. The Balaban J connectivity index is 1.54. The molecule has 0 aliphatic carbocycles. The Morgan fingerprint density at radius 2 is 1.18 bits per heavy atom. The van der Waals surface area contributed by atoms with Crippen LogP contribution in [0.25, 0.3) is 11.1 Å². The zero-order valence-corrected chi connectivity index (χ0v) is 16.0. The second-order valence-electron chi connectivity index (χ2n) is 6.83. The highest BCUT2D eigenvalue weighted by Gasteiger charge is 2.13. The number of rotatable bonds is 6. The third kappa shape index (κ3) is 4.26. The summed E-state index contributed by atoms with van der Waals surface area (Å²) < 4.78 is 10.0. The standard InChI is InChI=1S/C25H24N2O/c1-28-25-20-27(19-22-10-6-3-7-11-22)17-14-24(25)23-12-15-26(16-13-23)18-21-8-4-2-5-9-21/h2-17,20H,18-19H2,1H3/q+2. The van der Waals surface area contributed by atoms with E-state index in [2.05, 4.69) is 101 Å². The summed E-state index contributed by atoms with van der Waals surface area (Å²) in [5.74, 6) is 0.874. The summed E-state index contributed by atoms with van der Waals surface area (Å²) in [5.41, 5.74) is 4.80. The molecule has 0 N–H and O–H groups in total. The first kappa shape index (κ1) is 17.9. The highest BCUT2D eigenvalue weighted by atomic mass is 16.5. The lowest BCUT2D eigenvalue weighted by Gasteiger charge is -2.07. The molecule has 0 radical (unpaired) electrons. The van der Waals surface area contributed by atoms with E-state index in [-0.39, 0.29) is 0 Å². The lowest BCUT2D eigenvalue weighted by molar-refractivity contribution is -0.688. The van der Waals surface area contributed by atoms with Gasteiger partial charge in [-0.1, -0.05) is 60.7 Å². The van der Waals surface area contributed by atoms with Gasteiger partial charge in [-0.15, -0.1) is 0 Å². The summed E-state index contributed by atoms with van der Waals surface area (Å²) >= 11 is 0. The fraction of sp³-hybridized carbons (Fsp3) is 0.120. The molecule has 4 rings (SSSR count). The Hall–Kier alpha value is -3.46. The lowest BCUT2D eigenvalue weighted by Crippen LogP contribution is -2.34. The molecule has 3 heteroatoms. The van der Waals surface area contributed by atoms with E-state index in [1.54, 1.807) is 7.11 Å². The second kappa shape index (κ2) is 8.49. The molecule has 0 saturated carbocycles.